The minimum atomic E-state index is -0.795. The number of hydrogen-bond acceptors (Lipinski definition) is 6. The van der Waals surface area contributed by atoms with E-state index in [1.165, 1.54) is 11.3 Å². The highest BCUT2D eigenvalue weighted by Gasteiger charge is 2.16. The lowest BCUT2D eigenvalue weighted by atomic mass is 10.2. The summed E-state index contributed by atoms with van der Waals surface area (Å²) in [5.41, 5.74) is 3.46. The zero-order valence-corrected chi connectivity index (χ0v) is 12.6. The molecule has 1 aromatic rings. The number of amides is 3. The van der Waals surface area contributed by atoms with Crippen LogP contribution in [-0.2, 0) is 14.3 Å². The molecule has 3 N–H and O–H groups in total. The molecule has 0 aliphatic rings. The zero-order chi connectivity index (χ0) is 15.9. The van der Waals surface area contributed by atoms with E-state index in [0.717, 1.165) is 12.2 Å². The molecule has 0 fully saturated rings. The second kappa shape index (κ2) is 7.39. The number of nitrogens with zero attached hydrogens (tertiary/aromatic N) is 1. The number of carbonyl (C=O) groups is 3. The minimum Gasteiger partial charge on any atom is -0.443 e. The molecule has 0 spiro atoms. The Kier molecular flexibility index (Phi) is 5.85. The van der Waals surface area contributed by atoms with Crippen LogP contribution in [0.1, 0.15) is 20.8 Å². The monoisotopic (exact) mass is 312 g/mol. The Hall–Kier alpha value is -2.42. The standard InChI is InChI=1S/C12H16N4O4S/c1-12(2,3)20-11(19)16-15-9(18)5-4-8(17)14-10-13-6-7-21-10/h4-7H,1-3H3,(H,15,18)(H,16,19)(H,13,14,17)/b5-4+. The largest absolute Gasteiger partial charge is 0.443 e. The Balaban J connectivity index is 2.31. The number of anilines is 1. The van der Waals surface area contributed by atoms with Gasteiger partial charge in [0, 0.05) is 23.7 Å². The van der Waals surface area contributed by atoms with Crippen molar-refractivity contribution in [1.29, 1.82) is 0 Å². The van der Waals surface area contributed by atoms with Crippen molar-refractivity contribution in [3.63, 3.8) is 0 Å². The molecule has 1 aromatic heterocycles. The fraction of sp³-hybridized carbons (Fsp3) is 0.333. The average Bonchev–Trinajstić information content (AvgIpc) is 2.84. The normalized spacial score (nSPS) is 11.0. The maximum absolute atomic E-state index is 11.4. The van der Waals surface area contributed by atoms with Gasteiger partial charge in [-0.15, -0.1) is 11.3 Å². The molecule has 1 rings (SSSR count). The minimum absolute atomic E-state index is 0.428. The van der Waals surface area contributed by atoms with Crippen LogP contribution >= 0.6 is 11.3 Å². The van der Waals surface area contributed by atoms with E-state index >= 15 is 0 Å². The fourth-order valence-corrected chi connectivity index (χ4v) is 1.57. The van der Waals surface area contributed by atoms with E-state index in [4.69, 9.17) is 4.74 Å². The van der Waals surface area contributed by atoms with Crippen molar-refractivity contribution in [3.05, 3.63) is 23.7 Å². The Morgan fingerprint density at radius 1 is 1.19 bits per heavy atom. The quantitative estimate of drug-likeness (QED) is 0.574. The van der Waals surface area contributed by atoms with Gasteiger partial charge in [0.25, 0.3) is 5.91 Å². The lowest BCUT2D eigenvalue weighted by Crippen LogP contribution is -2.43. The number of hydrazine groups is 1. The van der Waals surface area contributed by atoms with Gasteiger partial charge in [-0.3, -0.25) is 20.3 Å². The van der Waals surface area contributed by atoms with Gasteiger partial charge in [-0.2, -0.15) is 0 Å². The van der Waals surface area contributed by atoms with E-state index in [9.17, 15) is 14.4 Å². The van der Waals surface area contributed by atoms with Gasteiger partial charge >= 0.3 is 6.09 Å². The lowest BCUT2D eigenvalue weighted by molar-refractivity contribution is -0.118. The maximum Gasteiger partial charge on any atom is 0.426 e. The molecule has 114 valence electrons. The summed E-state index contributed by atoms with van der Waals surface area (Å²) < 4.78 is 4.91. The summed E-state index contributed by atoms with van der Waals surface area (Å²) >= 11 is 1.25. The van der Waals surface area contributed by atoms with E-state index in [2.05, 4.69) is 21.2 Å². The van der Waals surface area contributed by atoms with Crippen molar-refractivity contribution in [2.45, 2.75) is 26.4 Å². The van der Waals surface area contributed by atoms with Crippen LogP contribution in [0.4, 0.5) is 9.93 Å². The molecule has 0 saturated heterocycles. The maximum atomic E-state index is 11.4. The smallest absolute Gasteiger partial charge is 0.426 e. The van der Waals surface area contributed by atoms with Crippen molar-refractivity contribution in [2.24, 2.45) is 0 Å². The Morgan fingerprint density at radius 3 is 2.43 bits per heavy atom. The number of ether oxygens (including phenoxy) is 1. The van der Waals surface area contributed by atoms with Crippen molar-refractivity contribution >= 4 is 34.4 Å². The number of carbonyl (C=O) groups excluding carboxylic acids is 3. The summed E-state index contributed by atoms with van der Waals surface area (Å²) in [6.07, 6.45) is 2.74. The third kappa shape index (κ3) is 7.67. The highest BCUT2D eigenvalue weighted by atomic mass is 32.1. The van der Waals surface area contributed by atoms with Gasteiger partial charge in [-0.05, 0) is 20.8 Å². The molecule has 0 aliphatic carbocycles. The molecule has 8 nitrogen and oxygen atoms in total. The van der Waals surface area contributed by atoms with E-state index in [1.807, 2.05) is 0 Å². The van der Waals surface area contributed by atoms with Crippen LogP contribution in [0.2, 0.25) is 0 Å². The predicted octanol–water partition coefficient (Wildman–Crippen LogP) is 1.19. The first kappa shape index (κ1) is 16.6. The summed E-state index contributed by atoms with van der Waals surface area (Å²) in [4.78, 5) is 37.9. The molecule has 21 heavy (non-hydrogen) atoms. The fourth-order valence-electron chi connectivity index (χ4n) is 1.04. The van der Waals surface area contributed by atoms with Crippen LogP contribution in [0, 0.1) is 0 Å². The van der Waals surface area contributed by atoms with E-state index in [1.54, 1.807) is 32.3 Å². The van der Waals surface area contributed by atoms with Gasteiger partial charge in [0.1, 0.15) is 5.60 Å². The Morgan fingerprint density at radius 2 is 1.86 bits per heavy atom. The van der Waals surface area contributed by atoms with E-state index < -0.39 is 23.5 Å². The van der Waals surface area contributed by atoms with Crippen LogP contribution in [0.5, 0.6) is 0 Å². The third-order valence-corrected chi connectivity index (χ3v) is 2.42. The van der Waals surface area contributed by atoms with Gasteiger partial charge in [-0.25, -0.2) is 15.2 Å². The Labute approximate surface area is 125 Å². The average molecular weight is 312 g/mol. The second-order valence-electron chi connectivity index (χ2n) is 4.78. The van der Waals surface area contributed by atoms with Crippen LogP contribution in [0.3, 0.4) is 0 Å². The summed E-state index contributed by atoms with van der Waals surface area (Å²) in [6.45, 7) is 5.08. The lowest BCUT2D eigenvalue weighted by Gasteiger charge is -2.19. The molecule has 0 saturated carbocycles. The Bertz CT molecular complexity index is 534. The van der Waals surface area contributed by atoms with Gasteiger partial charge in [0.05, 0.1) is 0 Å². The second-order valence-corrected chi connectivity index (χ2v) is 5.67. The van der Waals surface area contributed by atoms with Crippen LogP contribution in [0.15, 0.2) is 23.7 Å². The number of hydrogen-bond donors (Lipinski definition) is 3. The first-order valence-electron chi connectivity index (χ1n) is 5.94. The summed E-state index contributed by atoms with van der Waals surface area (Å²) in [7, 11) is 0. The third-order valence-electron chi connectivity index (χ3n) is 1.74. The molecule has 0 atom stereocenters. The summed E-state index contributed by atoms with van der Waals surface area (Å²) in [6, 6.07) is 0. The van der Waals surface area contributed by atoms with Crippen molar-refractivity contribution in [2.75, 3.05) is 5.32 Å². The van der Waals surface area contributed by atoms with Crippen molar-refractivity contribution in [3.8, 4) is 0 Å². The van der Waals surface area contributed by atoms with E-state index in [0.29, 0.717) is 5.13 Å². The molecular formula is C12H16N4O4S. The van der Waals surface area contributed by atoms with Crippen molar-refractivity contribution < 1.29 is 19.1 Å². The number of nitrogens with one attached hydrogen (secondary N) is 3. The molecule has 3 amide bonds. The van der Waals surface area contributed by atoms with Gasteiger partial charge < -0.3 is 4.74 Å². The topological polar surface area (TPSA) is 109 Å². The van der Waals surface area contributed by atoms with Crippen LogP contribution in [-0.4, -0.2) is 28.5 Å². The molecular weight excluding hydrogens is 296 g/mol. The van der Waals surface area contributed by atoms with Crippen LogP contribution in [0.25, 0.3) is 0 Å². The summed E-state index contributed by atoms with van der Waals surface area (Å²) in [5, 5.41) is 4.60. The number of thiazole rings is 1. The van der Waals surface area contributed by atoms with Gasteiger partial charge in [-0.1, -0.05) is 0 Å². The SMILES string of the molecule is CC(C)(C)OC(=O)NNC(=O)/C=C/C(=O)Nc1nccs1. The first-order valence-corrected chi connectivity index (χ1v) is 6.82. The van der Waals surface area contributed by atoms with Crippen molar-refractivity contribution in [1.82, 2.24) is 15.8 Å². The molecule has 9 heteroatoms. The molecule has 0 aromatic carbocycles. The molecule has 0 bridgehead atoms. The summed E-state index contributed by atoms with van der Waals surface area (Å²) in [5.74, 6) is -1.17. The molecule has 0 radical (unpaired) electrons. The number of rotatable bonds is 3. The molecule has 1 heterocycles. The first-order chi connectivity index (χ1) is 9.76. The molecule has 0 aliphatic heterocycles. The number of aromatic nitrogens is 1. The van der Waals surface area contributed by atoms with Gasteiger partial charge in [0.2, 0.25) is 5.91 Å². The van der Waals surface area contributed by atoms with Gasteiger partial charge in [0.15, 0.2) is 5.13 Å². The van der Waals surface area contributed by atoms with E-state index in [-0.39, 0.29) is 0 Å². The highest BCUT2D eigenvalue weighted by molar-refractivity contribution is 7.13. The zero-order valence-electron chi connectivity index (χ0n) is 11.8. The highest BCUT2D eigenvalue weighted by Crippen LogP contribution is 2.09. The van der Waals surface area contributed by atoms with Crippen LogP contribution < -0.4 is 16.2 Å². The predicted molar refractivity (Wildman–Crippen MR) is 77.4 cm³/mol. The molecule has 0 unspecified atom stereocenters.